The molecule has 1 fully saturated rings. The zero-order valence-electron chi connectivity index (χ0n) is 7.60. The van der Waals surface area contributed by atoms with E-state index in [1.54, 1.807) is 0 Å². The second-order valence-electron chi connectivity index (χ2n) is 3.43. The maximum atomic E-state index is 12.5. The number of likely N-dealkylation sites (tertiary alicyclic amines) is 1. The molecule has 0 radical (unpaired) electrons. The van der Waals surface area contributed by atoms with E-state index in [-0.39, 0.29) is 0 Å². The first kappa shape index (κ1) is 9.90. The number of halogens is 2. The molecular formula is C9H17F2N. The van der Waals surface area contributed by atoms with Crippen molar-refractivity contribution in [3.8, 4) is 0 Å². The Bertz CT molecular complexity index is 126. The minimum atomic E-state index is -2.16. The average molecular weight is 177 g/mol. The normalized spacial score (nSPS) is 26.5. The van der Waals surface area contributed by atoms with Gasteiger partial charge in [-0.2, -0.15) is 0 Å². The Labute approximate surface area is 72.7 Å². The average Bonchev–Trinajstić information content (AvgIpc) is 2.05. The molecule has 3 heteroatoms. The molecule has 0 N–H and O–H groups in total. The molecule has 0 saturated carbocycles. The number of hydrogen-bond donors (Lipinski definition) is 0. The summed E-state index contributed by atoms with van der Waals surface area (Å²) in [5.74, 6) is 0. The van der Waals surface area contributed by atoms with Crippen molar-refractivity contribution in [3.05, 3.63) is 0 Å². The van der Waals surface area contributed by atoms with Crippen LogP contribution in [0.3, 0.4) is 0 Å². The van der Waals surface area contributed by atoms with Crippen molar-refractivity contribution in [3.63, 3.8) is 0 Å². The Kier molecular flexibility index (Phi) is 3.92. The summed E-state index contributed by atoms with van der Waals surface area (Å²) in [6, 6.07) is -0.460. The van der Waals surface area contributed by atoms with Gasteiger partial charge >= 0.3 is 0 Å². The van der Waals surface area contributed by atoms with E-state index < -0.39 is 12.5 Å². The fourth-order valence-electron chi connectivity index (χ4n) is 1.87. The van der Waals surface area contributed by atoms with Crippen molar-refractivity contribution in [2.24, 2.45) is 0 Å². The summed E-state index contributed by atoms with van der Waals surface area (Å²) in [6.45, 7) is 3.73. The van der Waals surface area contributed by atoms with Gasteiger partial charge in [-0.25, -0.2) is 8.78 Å². The van der Waals surface area contributed by atoms with Crippen molar-refractivity contribution in [2.75, 3.05) is 13.1 Å². The molecule has 72 valence electrons. The summed E-state index contributed by atoms with van der Waals surface area (Å²) in [5.41, 5.74) is 0. The first-order chi connectivity index (χ1) is 5.75. The fourth-order valence-corrected chi connectivity index (χ4v) is 1.87. The largest absolute Gasteiger partial charge is 0.295 e. The Balaban J connectivity index is 2.42. The molecule has 0 aromatic rings. The van der Waals surface area contributed by atoms with Crippen LogP contribution in [0.5, 0.6) is 0 Å². The molecule has 0 aromatic carbocycles. The van der Waals surface area contributed by atoms with E-state index in [0.717, 1.165) is 32.4 Å². The molecule has 0 bridgehead atoms. The highest BCUT2D eigenvalue weighted by Gasteiger charge is 2.28. The molecule has 0 amide bonds. The van der Waals surface area contributed by atoms with Gasteiger partial charge in [0.05, 0.1) is 6.04 Å². The molecule has 0 spiro atoms. The van der Waals surface area contributed by atoms with Gasteiger partial charge in [-0.3, -0.25) is 4.90 Å². The van der Waals surface area contributed by atoms with Crippen molar-refractivity contribution in [2.45, 2.75) is 45.1 Å². The van der Waals surface area contributed by atoms with Gasteiger partial charge in [0, 0.05) is 0 Å². The lowest BCUT2D eigenvalue weighted by molar-refractivity contribution is 0.00454. The molecule has 1 heterocycles. The molecule has 1 aliphatic heterocycles. The van der Waals surface area contributed by atoms with E-state index in [4.69, 9.17) is 0 Å². The summed E-state index contributed by atoms with van der Waals surface area (Å²) in [4.78, 5) is 1.94. The quantitative estimate of drug-likeness (QED) is 0.640. The summed E-state index contributed by atoms with van der Waals surface area (Å²) in [7, 11) is 0. The zero-order valence-corrected chi connectivity index (χ0v) is 7.60. The Morgan fingerprint density at radius 1 is 1.42 bits per heavy atom. The maximum absolute atomic E-state index is 12.5. The monoisotopic (exact) mass is 177 g/mol. The predicted octanol–water partition coefficient (Wildman–Crippen LogP) is 2.52. The predicted molar refractivity (Wildman–Crippen MR) is 45.5 cm³/mol. The van der Waals surface area contributed by atoms with Crippen LogP contribution in [-0.2, 0) is 0 Å². The standard InChI is InChI=1S/C9H17F2N/c1-2-6-12-7-4-3-5-8(12)9(10)11/h8-9H,2-7H2,1H3. The van der Waals surface area contributed by atoms with Gasteiger partial charge < -0.3 is 0 Å². The lowest BCUT2D eigenvalue weighted by Gasteiger charge is -2.34. The topological polar surface area (TPSA) is 3.24 Å². The molecular weight excluding hydrogens is 160 g/mol. The first-order valence-electron chi connectivity index (χ1n) is 4.78. The fraction of sp³-hybridized carbons (Fsp3) is 1.00. The van der Waals surface area contributed by atoms with Gasteiger partial charge in [0.25, 0.3) is 6.43 Å². The van der Waals surface area contributed by atoms with Crippen LogP contribution in [0.1, 0.15) is 32.6 Å². The van der Waals surface area contributed by atoms with Crippen molar-refractivity contribution in [1.82, 2.24) is 4.90 Å². The molecule has 1 atom stereocenters. The van der Waals surface area contributed by atoms with E-state index in [0.29, 0.717) is 6.42 Å². The number of nitrogens with zero attached hydrogens (tertiary/aromatic N) is 1. The third-order valence-electron chi connectivity index (χ3n) is 2.47. The molecule has 1 nitrogen and oxygen atoms in total. The second-order valence-corrected chi connectivity index (χ2v) is 3.43. The van der Waals surface area contributed by atoms with Gasteiger partial charge in [0.2, 0.25) is 0 Å². The zero-order chi connectivity index (χ0) is 8.97. The number of rotatable bonds is 3. The molecule has 0 aliphatic carbocycles. The van der Waals surface area contributed by atoms with Crippen molar-refractivity contribution < 1.29 is 8.78 Å². The number of alkyl halides is 2. The lowest BCUT2D eigenvalue weighted by atomic mass is 10.0. The maximum Gasteiger partial charge on any atom is 0.253 e. The smallest absolute Gasteiger partial charge is 0.253 e. The van der Waals surface area contributed by atoms with E-state index in [1.165, 1.54) is 0 Å². The summed E-state index contributed by atoms with van der Waals surface area (Å²) < 4.78 is 24.9. The summed E-state index contributed by atoms with van der Waals surface area (Å²) >= 11 is 0. The van der Waals surface area contributed by atoms with Gasteiger partial charge in [-0.05, 0) is 32.4 Å². The third-order valence-corrected chi connectivity index (χ3v) is 2.47. The van der Waals surface area contributed by atoms with Gasteiger partial charge in [-0.15, -0.1) is 0 Å². The molecule has 12 heavy (non-hydrogen) atoms. The minimum Gasteiger partial charge on any atom is -0.295 e. The Hall–Kier alpha value is -0.180. The SMILES string of the molecule is CCCN1CCCCC1C(F)F. The minimum absolute atomic E-state index is 0.460. The number of hydrogen-bond acceptors (Lipinski definition) is 1. The van der Waals surface area contributed by atoms with Crippen LogP contribution in [0, 0.1) is 0 Å². The van der Waals surface area contributed by atoms with Crippen LogP contribution < -0.4 is 0 Å². The highest BCUT2D eigenvalue weighted by Crippen LogP contribution is 2.22. The molecule has 1 rings (SSSR count). The van der Waals surface area contributed by atoms with Gasteiger partial charge in [0.15, 0.2) is 0 Å². The summed E-state index contributed by atoms with van der Waals surface area (Å²) in [5, 5.41) is 0. The van der Waals surface area contributed by atoms with Crippen LogP contribution in [0.2, 0.25) is 0 Å². The molecule has 1 saturated heterocycles. The van der Waals surface area contributed by atoms with Crippen LogP contribution in [-0.4, -0.2) is 30.5 Å². The van der Waals surface area contributed by atoms with Crippen LogP contribution in [0.15, 0.2) is 0 Å². The first-order valence-corrected chi connectivity index (χ1v) is 4.78. The van der Waals surface area contributed by atoms with Crippen LogP contribution >= 0.6 is 0 Å². The molecule has 0 aromatic heterocycles. The van der Waals surface area contributed by atoms with E-state index >= 15 is 0 Å². The number of piperidine rings is 1. The van der Waals surface area contributed by atoms with Crippen LogP contribution in [0.25, 0.3) is 0 Å². The van der Waals surface area contributed by atoms with Crippen LogP contribution in [0.4, 0.5) is 8.78 Å². The second kappa shape index (κ2) is 4.75. The Morgan fingerprint density at radius 2 is 2.17 bits per heavy atom. The van der Waals surface area contributed by atoms with Crippen molar-refractivity contribution in [1.29, 1.82) is 0 Å². The van der Waals surface area contributed by atoms with Gasteiger partial charge in [-0.1, -0.05) is 13.3 Å². The third kappa shape index (κ3) is 2.41. The summed E-state index contributed by atoms with van der Waals surface area (Å²) in [6.07, 6.45) is 1.55. The van der Waals surface area contributed by atoms with Crippen molar-refractivity contribution >= 4 is 0 Å². The van der Waals surface area contributed by atoms with Gasteiger partial charge in [0.1, 0.15) is 0 Å². The van der Waals surface area contributed by atoms with E-state index in [1.807, 2.05) is 11.8 Å². The van der Waals surface area contributed by atoms with E-state index in [9.17, 15) is 8.78 Å². The van der Waals surface area contributed by atoms with E-state index in [2.05, 4.69) is 0 Å². The Morgan fingerprint density at radius 3 is 2.75 bits per heavy atom. The highest BCUT2D eigenvalue weighted by molar-refractivity contribution is 4.78. The molecule has 1 unspecified atom stereocenters. The lowest BCUT2D eigenvalue weighted by Crippen LogP contribution is -2.44. The highest BCUT2D eigenvalue weighted by atomic mass is 19.3. The molecule has 1 aliphatic rings.